The molecule has 0 aliphatic carbocycles. The molecule has 154 valence electrons. The molecule has 0 amide bonds. The third-order valence-corrected chi connectivity index (χ3v) is 4.69. The van der Waals surface area contributed by atoms with Gasteiger partial charge in [0.05, 0.1) is 24.7 Å². The van der Waals surface area contributed by atoms with Gasteiger partial charge in [-0.25, -0.2) is 4.79 Å². The summed E-state index contributed by atoms with van der Waals surface area (Å²) in [6, 6.07) is 8.85. The van der Waals surface area contributed by atoms with Crippen LogP contribution >= 0.6 is 0 Å². The van der Waals surface area contributed by atoms with Crippen molar-refractivity contribution in [3.63, 3.8) is 0 Å². The summed E-state index contributed by atoms with van der Waals surface area (Å²) in [6.07, 6.45) is 0. The van der Waals surface area contributed by atoms with Crippen molar-refractivity contribution in [1.82, 2.24) is 18.7 Å². The maximum absolute atomic E-state index is 13.3. The number of nitrogens with zero attached hydrogens (tertiary/aromatic N) is 5. The lowest BCUT2D eigenvalue weighted by molar-refractivity contribution is 0.653. The summed E-state index contributed by atoms with van der Waals surface area (Å²) in [5.41, 5.74) is 6.37. The van der Waals surface area contributed by atoms with Crippen molar-refractivity contribution in [2.45, 2.75) is 33.0 Å². The molecule has 2 aromatic heterocycles. The molecular formula is C21H23N7O2. The highest BCUT2D eigenvalue weighted by molar-refractivity contribution is 5.74. The van der Waals surface area contributed by atoms with E-state index in [1.807, 2.05) is 6.92 Å². The Morgan fingerprint density at radius 2 is 2.00 bits per heavy atom. The summed E-state index contributed by atoms with van der Waals surface area (Å²) in [5, 5.41) is 12.5. The lowest BCUT2D eigenvalue weighted by Gasteiger charge is -2.11. The van der Waals surface area contributed by atoms with Gasteiger partial charge in [0.1, 0.15) is 0 Å². The highest BCUT2D eigenvalue weighted by Gasteiger charge is 2.20. The molecule has 9 heteroatoms. The second kappa shape index (κ2) is 8.68. The third-order valence-electron chi connectivity index (χ3n) is 4.69. The second-order valence-corrected chi connectivity index (χ2v) is 6.98. The minimum Gasteiger partial charge on any atom is -0.354 e. The smallest absolute Gasteiger partial charge is 0.332 e. The first-order valence-corrected chi connectivity index (χ1v) is 9.46. The topological polar surface area (TPSA) is 124 Å². The molecule has 9 nitrogen and oxygen atoms in total. The molecule has 0 bridgehead atoms. The molecule has 0 aliphatic rings. The minimum absolute atomic E-state index is 0.0155. The van der Waals surface area contributed by atoms with Crippen LogP contribution in [-0.2, 0) is 20.1 Å². The average Bonchev–Trinajstić information content (AvgIpc) is 3.11. The molecule has 30 heavy (non-hydrogen) atoms. The first-order chi connectivity index (χ1) is 14.4. The zero-order chi connectivity index (χ0) is 21.8. The molecule has 0 spiro atoms. The summed E-state index contributed by atoms with van der Waals surface area (Å²) >= 11 is 0. The van der Waals surface area contributed by atoms with Crippen LogP contribution in [0, 0.1) is 23.2 Å². The standard InChI is InChI=1S/C21H23N7O2/c1-4-5-10-27-17-18(25-20(27)24-12-14(2)23)26(3)21(30)28(19(17)29)13-16-9-7-6-8-15(16)11-22/h6-9,14H,10,12-13,23H2,1-3H3,(H,24,25)/t14-/m0/s1. The number of nitrogens with one attached hydrogen (secondary N) is 1. The SMILES string of the molecule is CC#CCn1c(NC[C@H](C)N)nc2c1c(=O)n(Cc1ccccc1C#N)c(=O)n2C. The average molecular weight is 405 g/mol. The van der Waals surface area contributed by atoms with E-state index in [9.17, 15) is 14.9 Å². The third kappa shape index (κ3) is 3.84. The Labute approximate surface area is 173 Å². The fraction of sp³-hybridized carbons (Fsp3) is 0.333. The van der Waals surface area contributed by atoms with Gasteiger partial charge in [0.2, 0.25) is 5.95 Å². The zero-order valence-corrected chi connectivity index (χ0v) is 17.1. The van der Waals surface area contributed by atoms with E-state index in [0.717, 1.165) is 4.57 Å². The van der Waals surface area contributed by atoms with Crippen molar-refractivity contribution < 1.29 is 0 Å². The van der Waals surface area contributed by atoms with Crippen LogP contribution in [0.25, 0.3) is 11.2 Å². The molecular weight excluding hydrogens is 382 g/mol. The molecule has 1 aromatic carbocycles. The lowest BCUT2D eigenvalue weighted by atomic mass is 10.1. The number of hydrogen-bond acceptors (Lipinski definition) is 6. The monoisotopic (exact) mass is 405 g/mol. The number of hydrogen-bond donors (Lipinski definition) is 2. The van der Waals surface area contributed by atoms with Crippen molar-refractivity contribution >= 4 is 17.1 Å². The molecule has 0 aliphatic heterocycles. The summed E-state index contributed by atoms with van der Waals surface area (Å²) in [4.78, 5) is 30.7. The highest BCUT2D eigenvalue weighted by atomic mass is 16.2. The predicted octanol–water partition coefficient (Wildman–Crippen LogP) is 0.599. The number of benzene rings is 1. The van der Waals surface area contributed by atoms with Crippen LogP contribution in [-0.4, -0.2) is 31.3 Å². The van der Waals surface area contributed by atoms with Gasteiger partial charge in [-0.3, -0.25) is 18.5 Å². The molecule has 2 heterocycles. The Morgan fingerprint density at radius 1 is 1.27 bits per heavy atom. The molecule has 0 saturated carbocycles. The van der Waals surface area contributed by atoms with Crippen LogP contribution in [0.15, 0.2) is 33.9 Å². The van der Waals surface area contributed by atoms with Crippen molar-refractivity contribution in [2.24, 2.45) is 12.8 Å². The van der Waals surface area contributed by atoms with Gasteiger partial charge < -0.3 is 11.1 Å². The number of aryl methyl sites for hydroxylation is 1. The molecule has 1 atom stereocenters. The molecule has 0 radical (unpaired) electrons. The second-order valence-electron chi connectivity index (χ2n) is 6.98. The van der Waals surface area contributed by atoms with Gasteiger partial charge in [0.25, 0.3) is 5.56 Å². The summed E-state index contributed by atoms with van der Waals surface area (Å²) in [5.74, 6) is 6.18. The van der Waals surface area contributed by atoms with Gasteiger partial charge in [0.15, 0.2) is 11.2 Å². The normalized spacial score (nSPS) is 11.6. The van der Waals surface area contributed by atoms with Crippen molar-refractivity contribution in [2.75, 3.05) is 11.9 Å². The van der Waals surface area contributed by atoms with Crippen molar-refractivity contribution in [3.8, 4) is 17.9 Å². The van der Waals surface area contributed by atoms with Crippen LogP contribution in [0.2, 0.25) is 0 Å². The van der Waals surface area contributed by atoms with Gasteiger partial charge in [-0.15, -0.1) is 5.92 Å². The number of nitrogens with two attached hydrogens (primary N) is 1. The lowest BCUT2D eigenvalue weighted by Crippen LogP contribution is -2.40. The van der Waals surface area contributed by atoms with E-state index in [1.165, 1.54) is 4.57 Å². The Balaban J connectivity index is 2.25. The summed E-state index contributed by atoms with van der Waals surface area (Å²) < 4.78 is 4.10. The van der Waals surface area contributed by atoms with Gasteiger partial charge >= 0.3 is 5.69 Å². The molecule has 0 saturated heterocycles. The molecule has 0 fully saturated rings. The van der Waals surface area contributed by atoms with E-state index in [-0.39, 0.29) is 30.3 Å². The summed E-state index contributed by atoms with van der Waals surface area (Å²) in [6.45, 7) is 4.22. The van der Waals surface area contributed by atoms with Crippen LogP contribution in [0.4, 0.5) is 5.95 Å². The Kier molecular flexibility index (Phi) is 6.05. The van der Waals surface area contributed by atoms with Gasteiger partial charge in [-0.05, 0) is 25.5 Å². The number of nitriles is 1. The van der Waals surface area contributed by atoms with Gasteiger partial charge in [-0.1, -0.05) is 24.1 Å². The van der Waals surface area contributed by atoms with Gasteiger partial charge in [-0.2, -0.15) is 10.2 Å². The number of anilines is 1. The Hall–Kier alpha value is -3.82. The number of aromatic nitrogens is 4. The summed E-state index contributed by atoms with van der Waals surface area (Å²) in [7, 11) is 1.56. The molecule has 3 N–H and O–H groups in total. The Morgan fingerprint density at radius 3 is 2.67 bits per heavy atom. The van der Waals surface area contributed by atoms with E-state index in [2.05, 4.69) is 28.2 Å². The van der Waals surface area contributed by atoms with E-state index in [0.29, 0.717) is 23.6 Å². The van der Waals surface area contributed by atoms with Gasteiger partial charge in [0, 0.05) is 19.6 Å². The maximum Gasteiger partial charge on any atom is 0.332 e. The molecule has 3 aromatic rings. The predicted molar refractivity (Wildman–Crippen MR) is 115 cm³/mol. The first kappa shape index (κ1) is 20.9. The number of fused-ring (bicyclic) bond motifs is 1. The number of rotatable bonds is 6. The van der Waals surface area contributed by atoms with E-state index < -0.39 is 11.2 Å². The van der Waals surface area contributed by atoms with Crippen LogP contribution in [0.3, 0.4) is 0 Å². The minimum atomic E-state index is -0.509. The first-order valence-electron chi connectivity index (χ1n) is 9.46. The van der Waals surface area contributed by atoms with E-state index >= 15 is 0 Å². The van der Waals surface area contributed by atoms with E-state index in [4.69, 9.17) is 5.73 Å². The fourth-order valence-electron chi connectivity index (χ4n) is 3.15. The van der Waals surface area contributed by atoms with Crippen LogP contribution < -0.4 is 22.3 Å². The quantitative estimate of drug-likeness (QED) is 0.579. The van der Waals surface area contributed by atoms with Crippen LogP contribution in [0.1, 0.15) is 25.0 Å². The molecule has 0 unspecified atom stereocenters. The zero-order valence-electron chi connectivity index (χ0n) is 17.1. The maximum atomic E-state index is 13.3. The van der Waals surface area contributed by atoms with E-state index in [1.54, 1.807) is 42.8 Å². The fourth-order valence-corrected chi connectivity index (χ4v) is 3.15. The Bertz CT molecular complexity index is 1310. The largest absolute Gasteiger partial charge is 0.354 e. The molecule has 3 rings (SSSR count). The highest BCUT2D eigenvalue weighted by Crippen LogP contribution is 2.16. The number of imidazole rings is 1. The van der Waals surface area contributed by atoms with Crippen molar-refractivity contribution in [1.29, 1.82) is 5.26 Å². The van der Waals surface area contributed by atoms with Crippen molar-refractivity contribution in [3.05, 3.63) is 56.2 Å². The van der Waals surface area contributed by atoms with Crippen LogP contribution in [0.5, 0.6) is 0 Å².